The first-order valence-corrected chi connectivity index (χ1v) is 8.94. The molecule has 2 rings (SSSR count). The van der Waals surface area contributed by atoms with E-state index in [1.807, 2.05) is 6.92 Å². The number of hydrogen-bond acceptors (Lipinski definition) is 6. The highest BCUT2D eigenvalue weighted by Crippen LogP contribution is 2.26. The minimum atomic E-state index is -0.928. The summed E-state index contributed by atoms with van der Waals surface area (Å²) >= 11 is 1.23. The molecule has 0 bridgehead atoms. The van der Waals surface area contributed by atoms with Crippen molar-refractivity contribution >= 4 is 23.2 Å². The zero-order valence-corrected chi connectivity index (χ0v) is 15.1. The summed E-state index contributed by atoms with van der Waals surface area (Å²) in [5.41, 5.74) is 0. The van der Waals surface area contributed by atoms with Gasteiger partial charge < -0.3 is 19.2 Å². The molecule has 2 aromatic heterocycles. The summed E-state index contributed by atoms with van der Waals surface area (Å²) in [6.45, 7) is 5.22. The molecule has 1 atom stereocenters. The molecule has 0 fully saturated rings. The van der Waals surface area contributed by atoms with Gasteiger partial charge in [0.1, 0.15) is 4.88 Å². The van der Waals surface area contributed by atoms with Crippen LogP contribution in [0.15, 0.2) is 29.0 Å². The Kier molecular flexibility index (Phi) is 7.15. The third-order valence-electron chi connectivity index (χ3n) is 3.57. The molecular weight excluding hydrogens is 344 g/mol. The first kappa shape index (κ1) is 19.1. The number of amides is 1. The van der Waals surface area contributed by atoms with Gasteiger partial charge in [-0.2, -0.15) is 0 Å². The molecule has 0 saturated heterocycles. The molecule has 1 unspecified atom stereocenters. The lowest BCUT2D eigenvalue weighted by molar-refractivity contribution is -0.141. The lowest BCUT2D eigenvalue weighted by Crippen LogP contribution is -2.37. The lowest BCUT2D eigenvalue weighted by atomic mass is 10.1. The maximum Gasteiger partial charge on any atom is 0.308 e. The van der Waals surface area contributed by atoms with E-state index in [9.17, 15) is 9.59 Å². The number of carboxylic acids is 1. The number of furan rings is 1. The topological polar surface area (TPSA) is 92.9 Å². The van der Waals surface area contributed by atoms with E-state index in [2.05, 4.69) is 4.98 Å². The van der Waals surface area contributed by atoms with E-state index in [1.54, 1.807) is 30.2 Å². The van der Waals surface area contributed by atoms with Crippen LogP contribution < -0.4 is 0 Å². The number of ether oxygens (including phenoxy) is 1. The number of hydrogen-bond donors (Lipinski definition) is 1. The van der Waals surface area contributed by atoms with Gasteiger partial charge in [0.25, 0.3) is 5.91 Å². The van der Waals surface area contributed by atoms with Crippen molar-refractivity contribution in [3.05, 3.63) is 29.5 Å². The van der Waals surface area contributed by atoms with E-state index in [-0.39, 0.29) is 12.5 Å². The predicted molar refractivity (Wildman–Crippen MR) is 93.6 cm³/mol. The minimum absolute atomic E-state index is 0.147. The Bertz CT molecular complexity index is 683. The van der Waals surface area contributed by atoms with E-state index >= 15 is 0 Å². The van der Waals surface area contributed by atoms with Crippen LogP contribution in [0.1, 0.15) is 29.9 Å². The van der Waals surface area contributed by atoms with Gasteiger partial charge in [-0.1, -0.05) is 6.92 Å². The fraction of sp³-hybridized carbons (Fsp3) is 0.471. The Hall–Kier alpha value is -2.19. The van der Waals surface area contributed by atoms with Gasteiger partial charge in [-0.3, -0.25) is 9.59 Å². The van der Waals surface area contributed by atoms with E-state index in [0.717, 1.165) is 0 Å². The highest BCUT2D eigenvalue weighted by molar-refractivity contribution is 7.16. The smallest absolute Gasteiger partial charge is 0.308 e. The van der Waals surface area contributed by atoms with Crippen molar-refractivity contribution in [3.8, 4) is 10.8 Å². The molecule has 0 aliphatic rings. The van der Waals surface area contributed by atoms with Gasteiger partial charge in [-0.25, -0.2) is 4.98 Å². The second kappa shape index (κ2) is 9.33. The molecule has 2 aromatic rings. The normalized spacial score (nSPS) is 12.1. The molecule has 25 heavy (non-hydrogen) atoms. The lowest BCUT2D eigenvalue weighted by Gasteiger charge is -2.23. The molecule has 8 heteroatoms. The van der Waals surface area contributed by atoms with E-state index in [4.69, 9.17) is 14.3 Å². The monoisotopic (exact) mass is 366 g/mol. The fourth-order valence-corrected chi connectivity index (χ4v) is 3.08. The van der Waals surface area contributed by atoms with Crippen molar-refractivity contribution in [3.63, 3.8) is 0 Å². The Labute approximate surface area is 150 Å². The minimum Gasteiger partial charge on any atom is -0.481 e. The number of aliphatic carboxylic acids is 1. The van der Waals surface area contributed by atoms with Crippen molar-refractivity contribution in [2.24, 2.45) is 5.92 Å². The number of nitrogens with zero attached hydrogens (tertiary/aromatic N) is 2. The van der Waals surface area contributed by atoms with E-state index < -0.39 is 11.9 Å². The third-order valence-corrected chi connectivity index (χ3v) is 4.57. The van der Waals surface area contributed by atoms with Gasteiger partial charge in [-0.05, 0) is 25.5 Å². The number of carboxylic acid groups (broad SMARTS) is 1. The Morgan fingerprint density at radius 1 is 1.48 bits per heavy atom. The first-order valence-electron chi connectivity index (χ1n) is 8.12. The molecule has 2 heterocycles. The highest BCUT2D eigenvalue weighted by atomic mass is 32.1. The standard InChI is InChI=1S/C17H22N2O5S/c1-3-23-8-5-7-19(11-12(2)17(21)22)16(20)14-10-18-15(25-14)13-6-4-9-24-13/h4,6,9-10,12H,3,5,7-8,11H2,1-2H3,(H,21,22). The molecular formula is C17H22N2O5S. The molecule has 1 amide bonds. The molecule has 0 aliphatic carbocycles. The molecule has 7 nitrogen and oxygen atoms in total. The summed E-state index contributed by atoms with van der Waals surface area (Å²) in [6.07, 6.45) is 3.70. The summed E-state index contributed by atoms with van der Waals surface area (Å²) in [5.74, 6) is -1.19. The molecule has 0 aromatic carbocycles. The molecule has 0 spiro atoms. The van der Waals surface area contributed by atoms with Crippen LogP contribution in [-0.2, 0) is 9.53 Å². The van der Waals surface area contributed by atoms with Crippen LogP contribution in [0.3, 0.4) is 0 Å². The third kappa shape index (κ3) is 5.40. The molecule has 136 valence electrons. The van der Waals surface area contributed by atoms with Gasteiger partial charge in [0.2, 0.25) is 0 Å². The van der Waals surface area contributed by atoms with Gasteiger partial charge in [0.15, 0.2) is 10.8 Å². The zero-order valence-electron chi connectivity index (χ0n) is 14.3. The zero-order chi connectivity index (χ0) is 18.2. The average molecular weight is 366 g/mol. The van der Waals surface area contributed by atoms with Gasteiger partial charge in [0.05, 0.1) is 18.4 Å². The fourth-order valence-electron chi connectivity index (χ4n) is 2.23. The number of carbonyl (C=O) groups is 2. The van der Waals surface area contributed by atoms with Crippen LogP contribution in [0.5, 0.6) is 0 Å². The molecule has 0 radical (unpaired) electrons. The van der Waals surface area contributed by atoms with Crippen LogP contribution in [0, 0.1) is 5.92 Å². The Morgan fingerprint density at radius 2 is 2.28 bits per heavy atom. The molecule has 1 N–H and O–H groups in total. The van der Waals surface area contributed by atoms with Crippen molar-refractivity contribution in [1.29, 1.82) is 0 Å². The van der Waals surface area contributed by atoms with Crippen molar-refractivity contribution in [2.75, 3.05) is 26.3 Å². The number of thiazole rings is 1. The summed E-state index contributed by atoms with van der Waals surface area (Å²) in [5, 5.41) is 9.76. The molecule has 0 aliphatic heterocycles. The van der Waals surface area contributed by atoms with E-state index in [0.29, 0.717) is 41.8 Å². The van der Waals surface area contributed by atoms with Crippen molar-refractivity contribution in [1.82, 2.24) is 9.88 Å². The van der Waals surface area contributed by atoms with E-state index in [1.165, 1.54) is 17.5 Å². The Balaban J connectivity index is 2.08. The quantitative estimate of drug-likeness (QED) is 0.650. The van der Waals surface area contributed by atoms with Crippen LogP contribution in [0.25, 0.3) is 10.8 Å². The van der Waals surface area contributed by atoms with Gasteiger partial charge >= 0.3 is 5.97 Å². The second-order valence-corrected chi connectivity index (χ2v) is 6.58. The summed E-state index contributed by atoms with van der Waals surface area (Å²) in [7, 11) is 0. The highest BCUT2D eigenvalue weighted by Gasteiger charge is 2.23. The first-order chi connectivity index (χ1) is 12.0. The second-order valence-electron chi connectivity index (χ2n) is 5.55. The average Bonchev–Trinajstić information content (AvgIpc) is 3.27. The number of carbonyl (C=O) groups excluding carboxylic acids is 1. The summed E-state index contributed by atoms with van der Waals surface area (Å²) in [4.78, 5) is 30.2. The van der Waals surface area contributed by atoms with Crippen molar-refractivity contribution < 1.29 is 23.8 Å². The SMILES string of the molecule is CCOCCCN(CC(C)C(=O)O)C(=O)c1cnc(-c2ccco2)s1. The van der Waals surface area contributed by atoms with Crippen LogP contribution >= 0.6 is 11.3 Å². The number of rotatable bonds is 10. The maximum atomic E-state index is 12.8. The van der Waals surface area contributed by atoms with Gasteiger partial charge in [0, 0.05) is 26.3 Å². The van der Waals surface area contributed by atoms with Gasteiger partial charge in [-0.15, -0.1) is 11.3 Å². The van der Waals surface area contributed by atoms with Crippen LogP contribution in [0.4, 0.5) is 0 Å². The van der Waals surface area contributed by atoms with Crippen molar-refractivity contribution in [2.45, 2.75) is 20.3 Å². The maximum absolute atomic E-state index is 12.8. The largest absolute Gasteiger partial charge is 0.481 e. The summed E-state index contributed by atoms with van der Waals surface area (Å²) < 4.78 is 10.6. The Morgan fingerprint density at radius 3 is 2.92 bits per heavy atom. The summed E-state index contributed by atoms with van der Waals surface area (Å²) in [6, 6.07) is 3.53. The van der Waals surface area contributed by atoms with Crippen LogP contribution in [0.2, 0.25) is 0 Å². The molecule has 0 saturated carbocycles. The van der Waals surface area contributed by atoms with Crippen LogP contribution in [-0.4, -0.2) is 53.2 Å². The predicted octanol–water partition coefficient (Wildman–Crippen LogP) is 2.99. The number of aromatic nitrogens is 1.